The van der Waals surface area contributed by atoms with Crippen molar-refractivity contribution in [2.45, 2.75) is 0 Å². The van der Waals surface area contributed by atoms with Gasteiger partial charge in [-0.25, -0.2) is 0 Å². The van der Waals surface area contributed by atoms with Crippen LogP contribution in [-0.4, -0.2) is 11.3 Å². The van der Waals surface area contributed by atoms with Gasteiger partial charge in [-0.05, 0) is 45.3 Å². The van der Waals surface area contributed by atoms with E-state index in [1.165, 1.54) is 66.1 Å². The minimum absolute atomic E-state index is 0.215. The van der Waals surface area contributed by atoms with Crippen LogP contribution in [0.1, 0.15) is 0 Å². The maximum absolute atomic E-state index is 2.62. The van der Waals surface area contributed by atoms with Gasteiger partial charge < -0.3 is 4.48 Å². The molecule has 0 atom stereocenters. The maximum atomic E-state index is 2.62. The van der Waals surface area contributed by atoms with Crippen LogP contribution >= 0.6 is 0 Å². The van der Waals surface area contributed by atoms with E-state index in [0.29, 0.717) is 0 Å². The van der Waals surface area contributed by atoms with Gasteiger partial charge in [0.05, 0.1) is 0 Å². The van der Waals surface area contributed by atoms with Crippen molar-refractivity contribution >= 4 is 39.6 Å². The Balaban J connectivity index is 1.64. The molecule has 0 bridgehead atoms. The van der Waals surface area contributed by atoms with E-state index in [9.17, 15) is 0 Å². The number of benzene rings is 5. The molecule has 3 heterocycles. The summed E-state index contributed by atoms with van der Waals surface area (Å²) in [6.07, 6.45) is 0. The quantitative estimate of drug-likeness (QED) is 0.293. The highest BCUT2D eigenvalue weighted by atomic mass is 14.9. The summed E-state index contributed by atoms with van der Waals surface area (Å²) in [7, 11) is 0. The number of aromatic nitrogens is 1. The van der Waals surface area contributed by atoms with Crippen molar-refractivity contribution in [2.24, 2.45) is 0 Å². The van der Waals surface area contributed by atoms with Gasteiger partial charge in [0.1, 0.15) is 0 Å². The Morgan fingerprint density at radius 1 is 0.438 bits per heavy atom. The molecule has 1 aromatic heterocycles. The van der Waals surface area contributed by atoms with Crippen molar-refractivity contribution < 1.29 is 0 Å². The Kier molecular flexibility index (Phi) is 3.02. The molecule has 2 aliphatic rings. The first-order valence-corrected chi connectivity index (χ1v) is 11.2. The SMILES string of the molecule is c1ccc(-c2cc3c4c(c2)c2cccc5c2n4B(c2ccccc2-5)c2ccccc2-3)cc1. The Hall–Kier alpha value is -4.04. The predicted octanol–water partition coefficient (Wildman–Crippen LogP) is 6.08. The van der Waals surface area contributed by atoms with Crippen LogP contribution in [0.3, 0.4) is 0 Å². The molecule has 0 spiro atoms. The topological polar surface area (TPSA) is 4.93 Å². The Labute approximate surface area is 186 Å². The van der Waals surface area contributed by atoms with E-state index in [4.69, 9.17) is 0 Å². The highest BCUT2D eigenvalue weighted by molar-refractivity contribution is 6.88. The van der Waals surface area contributed by atoms with Crippen molar-refractivity contribution in [2.75, 3.05) is 0 Å². The first kappa shape index (κ1) is 16.6. The fourth-order valence-corrected chi connectivity index (χ4v) is 6.12. The van der Waals surface area contributed by atoms with Crippen LogP contribution in [0.4, 0.5) is 0 Å². The smallest absolute Gasteiger partial charge is 0.329 e. The normalized spacial score (nSPS) is 12.9. The van der Waals surface area contributed by atoms with Gasteiger partial charge in [0, 0.05) is 32.9 Å². The zero-order chi connectivity index (χ0) is 20.8. The monoisotopic (exact) mass is 403 g/mol. The summed E-state index contributed by atoms with van der Waals surface area (Å²) in [6, 6.07) is 40.3. The van der Waals surface area contributed by atoms with Gasteiger partial charge in [0.15, 0.2) is 0 Å². The second-order valence-electron chi connectivity index (χ2n) is 8.93. The lowest BCUT2D eigenvalue weighted by Crippen LogP contribution is -2.53. The van der Waals surface area contributed by atoms with Crippen molar-refractivity contribution in [3.05, 3.63) is 109 Å². The number of rotatable bonds is 1. The second-order valence-corrected chi connectivity index (χ2v) is 8.93. The summed E-state index contributed by atoms with van der Waals surface area (Å²) >= 11 is 0. The average molecular weight is 403 g/mol. The van der Waals surface area contributed by atoms with Gasteiger partial charge in [-0.15, -0.1) is 0 Å². The van der Waals surface area contributed by atoms with Crippen molar-refractivity contribution in [1.29, 1.82) is 0 Å². The standard InChI is InChI=1S/C30H18BN/c1-2-9-19(10-3-1)20-17-25-22-12-5-7-16-28(22)31-27-15-6-4-11-21(27)23-13-8-14-24-26(18-20)30(25)32(31)29(23)24/h1-18H. The minimum atomic E-state index is 0.215. The highest BCUT2D eigenvalue weighted by Crippen LogP contribution is 2.45. The third-order valence-corrected chi connectivity index (χ3v) is 7.37. The minimum Gasteiger partial charge on any atom is -0.375 e. The molecule has 0 saturated carbocycles. The Morgan fingerprint density at radius 2 is 1.06 bits per heavy atom. The molecule has 0 radical (unpaired) electrons. The fourth-order valence-electron chi connectivity index (χ4n) is 6.12. The lowest BCUT2D eigenvalue weighted by atomic mass is 9.45. The molecule has 1 nitrogen and oxygen atoms in total. The summed E-state index contributed by atoms with van der Waals surface area (Å²) in [5, 5.41) is 2.70. The van der Waals surface area contributed by atoms with E-state index in [1.807, 2.05) is 0 Å². The summed E-state index contributed by atoms with van der Waals surface area (Å²) in [6.45, 7) is 0.215. The molecule has 0 fully saturated rings. The zero-order valence-electron chi connectivity index (χ0n) is 17.4. The van der Waals surface area contributed by atoms with E-state index in [2.05, 4.69) is 114 Å². The highest BCUT2D eigenvalue weighted by Gasteiger charge is 2.38. The number of hydrogen-bond donors (Lipinski definition) is 0. The summed E-state index contributed by atoms with van der Waals surface area (Å²) < 4.78 is 2.62. The van der Waals surface area contributed by atoms with Crippen molar-refractivity contribution in [1.82, 2.24) is 4.48 Å². The lowest BCUT2D eigenvalue weighted by Gasteiger charge is -2.32. The fraction of sp³-hybridized carbons (Fsp3) is 0. The van der Waals surface area contributed by atoms with Crippen molar-refractivity contribution in [3.8, 4) is 33.4 Å². The summed E-state index contributed by atoms with van der Waals surface area (Å²) in [5.74, 6) is 0. The van der Waals surface area contributed by atoms with Crippen LogP contribution < -0.4 is 10.9 Å². The van der Waals surface area contributed by atoms with Gasteiger partial charge in [-0.3, -0.25) is 0 Å². The molecule has 0 N–H and O–H groups in total. The van der Waals surface area contributed by atoms with Gasteiger partial charge in [0.2, 0.25) is 0 Å². The van der Waals surface area contributed by atoms with Crippen LogP contribution in [0.5, 0.6) is 0 Å². The van der Waals surface area contributed by atoms with Gasteiger partial charge in [0.25, 0.3) is 0 Å². The average Bonchev–Trinajstić information content (AvgIpc) is 3.20. The maximum Gasteiger partial charge on any atom is 0.329 e. The number of fused-ring (bicyclic) bond motifs is 7. The molecule has 0 aliphatic carbocycles. The predicted molar refractivity (Wildman–Crippen MR) is 136 cm³/mol. The molecule has 8 rings (SSSR count). The molecule has 5 aromatic carbocycles. The van der Waals surface area contributed by atoms with Crippen LogP contribution in [0, 0.1) is 0 Å². The molecular formula is C30H18BN. The molecule has 0 saturated heterocycles. The third-order valence-electron chi connectivity index (χ3n) is 7.37. The van der Waals surface area contributed by atoms with E-state index in [0.717, 1.165) is 0 Å². The van der Waals surface area contributed by atoms with Gasteiger partial charge >= 0.3 is 6.85 Å². The van der Waals surface area contributed by atoms with Crippen LogP contribution in [0.15, 0.2) is 109 Å². The van der Waals surface area contributed by atoms with Gasteiger partial charge in [-0.1, -0.05) is 97.1 Å². The molecule has 2 heteroatoms. The summed E-state index contributed by atoms with van der Waals surface area (Å²) in [5.41, 5.74) is 13.5. The molecule has 6 aromatic rings. The molecule has 32 heavy (non-hydrogen) atoms. The largest absolute Gasteiger partial charge is 0.375 e. The van der Waals surface area contributed by atoms with Crippen LogP contribution in [0.2, 0.25) is 0 Å². The number of hydrogen-bond acceptors (Lipinski definition) is 0. The van der Waals surface area contributed by atoms with E-state index in [-0.39, 0.29) is 6.85 Å². The summed E-state index contributed by atoms with van der Waals surface area (Å²) in [4.78, 5) is 0. The first-order valence-electron chi connectivity index (χ1n) is 11.2. The van der Waals surface area contributed by atoms with Crippen molar-refractivity contribution in [3.63, 3.8) is 0 Å². The molecule has 2 aliphatic heterocycles. The Morgan fingerprint density at radius 3 is 1.84 bits per heavy atom. The van der Waals surface area contributed by atoms with Crippen LogP contribution in [0.25, 0.3) is 55.2 Å². The molecule has 146 valence electrons. The molecular weight excluding hydrogens is 385 g/mol. The van der Waals surface area contributed by atoms with E-state index < -0.39 is 0 Å². The Bertz CT molecular complexity index is 1730. The second kappa shape index (κ2) is 5.80. The van der Waals surface area contributed by atoms with E-state index >= 15 is 0 Å². The number of para-hydroxylation sites is 1. The molecule has 0 amide bonds. The number of nitrogens with zero attached hydrogens (tertiary/aromatic N) is 1. The van der Waals surface area contributed by atoms with Crippen LogP contribution in [-0.2, 0) is 0 Å². The lowest BCUT2D eigenvalue weighted by molar-refractivity contribution is 1.31. The third kappa shape index (κ3) is 1.91. The zero-order valence-corrected chi connectivity index (χ0v) is 17.4. The van der Waals surface area contributed by atoms with E-state index in [1.54, 1.807) is 0 Å². The van der Waals surface area contributed by atoms with Gasteiger partial charge in [-0.2, -0.15) is 0 Å². The first-order chi connectivity index (χ1) is 15.9. The molecule has 0 unspecified atom stereocenters.